The van der Waals surface area contributed by atoms with Crippen LogP contribution in [0.15, 0.2) is 66.7 Å². The van der Waals surface area contributed by atoms with Crippen molar-refractivity contribution < 1.29 is 19.1 Å². The minimum absolute atomic E-state index is 0.264. The Morgan fingerprint density at radius 3 is 1.97 bits per heavy atom. The first-order chi connectivity index (χ1) is 17.6. The van der Waals surface area contributed by atoms with Crippen LogP contribution in [-0.4, -0.2) is 50.6 Å². The van der Waals surface area contributed by atoms with Gasteiger partial charge in [-0.3, -0.25) is 9.59 Å². The Morgan fingerprint density at radius 2 is 1.36 bits per heavy atom. The molecule has 0 atom stereocenters. The van der Waals surface area contributed by atoms with Crippen LogP contribution in [0.2, 0.25) is 0 Å². The number of benzene rings is 3. The van der Waals surface area contributed by atoms with Gasteiger partial charge in [-0.1, -0.05) is 36.8 Å². The topological polar surface area (TPSA) is 79.9 Å². The number of rotatable bonds is 9. The molecular formula is C29H33N3O4. The zero-order chi connectivity index (χ0) is 25.3. The number of anilines is 2. The normalized spacial score (nSPS) is 13.6. The van der Waals surface area contributed by atoms with Crippen LogP contribution in [0.5, 0.6) is 11.5 Å². The van der Waals surface area contributed by atoms with Gasteiger partial charge in [0.1, 0.15) is 11.5 Å². The van der Waals surface area contributed by atoms with Gasteiger partial charge in [0.15, 0.2) is 0 Å². The number of carbonyl (C=O) groups excluding carboxylic acids is 2. The molecule has 36 heavy (non-hydrogen) atoms. The highest BCUT2D eigenvalue weighted by atomic mass is 16.5. The SMILES string of the molecule is COc1ccccc1C(=O)Nc1ccc(CCN2CCCCC2)c(NC(=O)c2ccccc2OC)c1. The Labute approximate surface area is 212 Å². The number of amides is 2. The molecule has 0 aromatic heterocycles. The summed E-state index contributed by atoms with van der Waals surface area (Å²) in [6.07, 6.45) is 4.54. The highest BCUT2D eigenvalue weighted by molar-refractivity contribution is 6.08. The maximum Gasteiger partial charge on any atom is 0.259 e. The van der Waals surface area contributed by atoms with E-state index in [4.69, 9.17) is 9.47 Å². The summed E-state index contributed by atoms with van der Waals surface area (Å²) >= 11 is 0. The van der Waals surface area contributed by atoms with Crippen molar-refractivity contribution in [2.75, 3.05) is 44.5 Å². The zero-order valence-electron chi connectivity index (χ0n) is 20.9. The fraction of sp³-hybridized carbons (Fsp3) is 0.310. The number of nitrogens with zero attached hydrogens (tertiary/aromatic N) is 1. The fourth-order valence-corrected chi connectivity index (χ4v) is 4.50. The molecule has 1 aliphatic rings. The predicted molar refractivity (Wildman–Crippen MR) is 142 cm³/mol. The van der Waals surface area contributed by atoms with E-state index in [1.165, 1.54) is 26.4 Å². The number of ether oxygens (including phenoxy) is 2. The number of likely N-dealkylation sites (tertiary alicyclic amines) is 1. The molecule has 2 amide bonds. The molecule has 1 aliphatic heterocycles. The second-order valence-corrected chi connectivity index (χ2v) is 8.83. The molecule has 1 saturated heterocycles. The van der Waals surface area contributed by atoms with Crippen LogP contribution in [0.3, 0.4) is 0 Å². The molecule has 2 N–H and O–H groups in total. The van der Waals surface area contributed by atoms with Crippen molar-refractivity contribution in [1.82, 2.24) is 4.90 Å². The van der Waals surface area contributed by atoms with Gasteiger partial charge in [-0.15, -0.1) is 0 Å². The molecule has 4 rings (SSSR count). The lowest BCUT2D eigenvalue weighted by Gasteiger charge is -2.26. The Morgan fingerprint density at radius 1 is 0.778 bits per heavy atom. The van der Waals surface area contributed by atoms with Gasteiger partial charge in [-0.25, -0.2) is 0 Å². The standard InChI is InChI=1S/C29H33N3O4/c1-35-26-12-6-4-10-23(26)28(33)30-22-15-14-21(16-19-32-17-8-3-9-18-32)25(20-22)31-29(34)24-11-5-7-13-27(24)36-2/h4-7,10-15,20H,3,8-9,16-19H2,1-2H3,(H,30,33)(H,31,34). The van der Waals surface area contributed by atoms with Gasteiger partial charge in [-0.2, -0.15) is 0 Å². The van der Waals surface area contributed by atoms with E-state index in [1.54, 1.807) is 43.5 Å². The number of methoxy groups -OCH3 is 2. The molecule has 0 bridgehead atoms. The van der Waals surface area contributed by atoms with E-state index in [0.717, 1.165) is 31.6 Å². The molecule has 7 nitrogen and oxygen atoms in total. The number of nitrogens with one attached hydrogen (secondary N) is 2. The number of hydrogen-bond donors (Lipinski definition) is 2. The van der Waals surface area contributed by atoms with Gasteiger partial charge < -0.3 is 25.0 Å². The Bertz CT molecular complexity index is 1200. The second kappa shape index (κ2) is 12.2. The van der Waals surface area contributed by atoms with Gasteiger partial charge in [0.2, 0.25) is 0 Å². The van der Waals surface area contributed by atoms with Crippen molar-refractivity contribution in [2.45, 2.75) is 25.7 Å². The Kier molecular flexibility index (Phi) is 8.57. The smallest absolute Gasteiger partial charge is 0.259 e. The Balaban J connectivity index is 1.58. The first-order valence-corrected chi connectivity index (χ1v) is 12.3. The molecule has 0 aliphatic carbocycles. The van der Waals surface area contributed by atoms with Gasteiger partial charge in [0.25, 0.3) is 11.8 Å². The summed E-state index contributed by atoms with van der Waals surface area (Å²) in [6.45, 7) is 3.14. The minimum atomic E-state index is -0.282. The van der Waals surface area contributed by atoms with Crippen LogP contribution in [0.4, 0.5) is 11.4 Å². The summed E-state index contributed by atoms with van der Waals surface area (Å²) in [5.41, 5.74) is 3.15. The highest BCUT2D eigenvalue weighted by Gasteiger charge is 2.17. The van der Waals surface area contributed by atoms with E-state index in [9.17, 15) is 9.59 Å². The summed E-state index contributed by atoms with van der Waals surface area (Å²) in [5, 5.41) is 5.99. The van der Waals surface area contributed by atoms with Crippen LogP contribution in [0, 0.1) is 0 Å². The third kappa shape index (κ3) is 6.23. The third-order valence-electron chi connectivity index (χ3n) is 6.47. The molecule has 3 aromatic carbocycles. The van der Waals surface area contributed by atoms with Crippen LogP contribution in [-0.2, 0) is 6.42 Å². The van der Waals surface area contributed by atoms with Gasteiger partial charge >= 0.3 is 0 Å². The van der Waals surface area contributed by atoms with Crippen molar-refractivity contribution >= 4 is 23.2 Å². The quantitative estimate of drug-likeness (QED) is 0.432. The summed E-state index contributed by atoms with van der Waals surface area (Å²) in [7, 11) is 3.08. The van der Waals surface area contributed by atoms with Crippen molar-refractivity contribution in [2.24, 2.45) is 0 Å². The molecule has 0 unspecified atom stereocenters. The number of para-hydroxylation sites is 2. The summed E-state index contributed by atoms with van der Waals surface area (Å²) in [5.74, 6) is 0.457. The van der Waals surface area contributed by atoms with E-state index in [-0.39, 0.29) is 11.8 Å². The molecule has 188 valence electrons. The van der Waals surface area contributed by atoms with Crippen molar-refractivity contribution in [3.8, 4) is 11.5 Å². The summed E-state index contributed by atoms with van der Waals surface area (Å²) in [4.78, 5) is 28.6. The second-order valence-electron chi connectivity index (χ2n) is 8.83. The molecule has 0 radical (unpaired) electrons. The van der Waals surface area contributed by atoms with Crippen molar-refractivity contribution in [1.29, 1.82) is 0 Å². The van der Waals surface area contributed by atoms with E-state index in [2.05, 4.69) is 15.5 Å². The lowest BCUT2D eigenvalue weighted by molar-refractivity contribution is 0.101. The lowest BCUT2D eigenvalue weighted by Crippen LogP contribution is -2.31. The van der Waals surface area contributed by atoms with Crippen LogP contribution in [0.25, 0.3) is 0 Å². The maximum atomic E-state index is 13.2. The van der Waals surface area contributed by atoms with E-state index < -0.39 is 0 Å². The molecule has 1 heterocycles. The largest absolute Gasteiger partial charge is 0.496 e. The monoisotopic (exact) mass is 487 g/mol. The fourth-order valence-electron chi connectivity index (χ4n) is 4.50. The van der Waals surface area contributed by atoms with Crippen LogP contribution < -0.4 is 20.1 Å². The average molecular weight is 488 g/mol. The van der Waals surface area contributed by atoms with E-state index >= 15 is 0 Å². The van der Waals surface area contributed by atoms with Gasteiger partial charge in [-0.05, 0) is 74.3 Å². The Hall–Kier alpha value is -3.84. The summed E-state index contributed by atoms with van der Waals surface area (Å²) in [6, 6.07) is 19.8. The van der Waals surface area contributed by atoms with Crippen LogP contribution in [0.1, 0.15) is 45.5 Å². The number of piperidine rings is 1. The number of carbonyl (C=O) groups is 2. The zero-order valence-corrected chi connectivity index (χ0v) is 20.9. The molecular weight excluding hydrogens is 454 g/mol. The molecule has 0 saturated carbocycles. The molecule has 7 heteroatoms. The summed E-state index contributed by atoms with van der Waals surface area (Å²) < 4.78 is 10.7. The van der Waals surface area contributed by atoms with Gasteiger partial charge in [0.05, 0.1) is 25.3 Å². The molecule has 0 spiro atoms. The van der Waals surface area contributed by atoms with E-state index in [1.807, 2.05) is 30.3 Å². The highest BCUT2D eigenvalue weighted by Crippen LogP contribution is 2.26. The minimum Gasteiger partial charge on any atom is -0.496 e. The van der Waals surface area contributed by atoms with Crippen LogP contribution >= 0.6 is 0 Å². The third-order valence-corrected chi connectivity index (χ3v) is 6.47. The lowest BCUT2D eigenvalue weighted by atomic mass is 10.1. The average Bonchev–Trinajstić information content (AvgIpc) is 2.93. The van der Waals surface area contributed by atoms with Crippen molar-refractivity contribution in [3.05, 3.63) is 83.4 Å². The first-order valence-electron chi connectivity index (χ1n) is 12.3. The van der Waals surface area contributed by atoms with Crippen molar-refractivity contribution in [3.63, 3.8) is 0 Å². The van der Waals surface area contributed by atoms with Gasteiger partial charge in [0, 0.05) is 17.9 Å². The maximum absolute atomic E-state index is 13.2. The predicted octanol–water partition coefficient (Wildman–Crippen LogP) is 5.24. The number of hydrogen-bond acceptors (Lipinski definition) is 5. The van der Waals surface area contributed by atoms with E-state index in [0.29, 0.717) is 34.0 Å². The first kappa shape index (κ1) is 25.3. The molecule has 3 aromatic rings. The molecule has 1 fully saturated rings.